The molecule has 4 bridgehead atoms. The smallest absolute Gasteiger partial charge is 0.261 e. The molecule has 24 heavy (non-hydrogen) atoms. The van der Waals surface area contributed by atoms with Crippen molar-refractivity contribution < 1.29 is 4.79 Å². The molecule has 5 heteroatoms. The molecule has 0 aromatic carbocycles. The minimum atomic E-state index is 0.0923. The van der Waals surface area contributed by atoms with E-state index in [1.807, 2.05) is 30.3 Å². The highest BCUT2D eigenvalue weighted by Crippen LogP contribution is 2.43. The van der Waals surface area contributed by atoms with Gasteiger partial charge in [0.25, 0.3) is 5.91 Å². The fourth-order valence-electron chi connectivity index (χ4n) is 4.97. The Bertz CT molecular complexity index is 729. The number of carbonyl (C=O) groups excluding carboxylic acids is 1. The Morgan fingerprint density at radius 3 is 2.67 bits per heavy atom. The Morgan fingerprint density at radius 2 is 1.96 bits per heavy atom. The first-order chi connectivity index (χ1) is 11.8. The zero-order chi connectivity index (χ0) is 16.1. The van der Waals surface area contributed by atoms with Crippen LogP contribution in [0.2, 0.25) is 0 Å². The first-order valence-electron chi connectivity index (χ1n) is 8.81. The first kappa shape index (κ1) is 14.6. The molecule has 3 aliphatic heterocycles. The predicted molar refractivity (Wildman–Crippen MR) is 94.9 cm³/mol. The van der Waals surface area contributed by atoms with Crippen molar-refractivity contribution in [2.24, 2.45) is 17.8 Å². The standard InChI is InChI=1S/C19H21N3OS/c23-19(17-5-4-16(24-17)15-3-1-2-6-20-15)21-18-13-7-12-8-14(18)11-22(9-12)10-13/h1-6,12-14,18H,7-11H2,(H,21,23)/t12?,13-,14-,18?/m0/s1. The van der Waals surface area contributed by atoms with Crippen LogP contribution in [0.3, 0.4) is 0 Å². The summed E-state index contributed by atoms with van der Waals surface area (Å²) in [4.78, 5) is 21.6. The van der Waals surface area contributed by atoms with Crippen molar-refractivity contribution in [2.75, 3.05) is 19.6 Å². The number of carbonyl (C=O) groups is 1. The number of pyridine rings is 1. The van der Waals surface area contributed by atoms with Crippen molar-refractivity contribution >= 4 is 17.2 Å². The molecular weight excluding hydrogens is 318 g/mol. The van der Waals surface area contributed by atoms with Crippen molar-refractivity contribution in [3.05, 3.63) is 41.4 Å². The summed E-state index contributed by atoms with van der Waals surface area (Å²) in [6.07, 6.45) is 4.38. The number of hydrogen-bond donors (Lipinski definition) is 1. The fourth-order valence-corrected chi connectivity index (χ4v) is 5.86. The summed E-state index contributed by atoms with van der Waals surface area (Å²) < 4.78 is 0. The average molecular weight is 339 g/mol. The van der Waals surface area contributed by atoms with Gasteiger partial charge in [-0.1, -0.05) is 6.07 Å². The third-order valence-corrected chi connectivity index (χ3v) is 6.94. The van der Waals surface area contributed by atoms with Crippen LogP contribution in [-0.2, 0) is 0 Å². The molecule has 124 valence electrons. The van der Waals surface area contributed by atoms with E-state index in [0.29, 0.717) is 17.9 Å². The molecule has 3 saturated heterocycles. The van der Waals surface area contributed by atoms with Crippen LogP contribution in [0.1, 0.15) is 22.5 Å². The van der Waals surface area contributed by atoms with E-state index >= 15 is 0 Å². The second kappa shape index (κ2) is 5.67. The molecule has 2 aromatic heterocycles. The van der Waals surface area contributed by atoms with Gasteiger partial charge in [-0.15, -0.1) is 11.3 Å². The van der Waals surface area contributed by atoms with E-state index in [4.69, 9.17) is 0 Å². The lowest BCUT2D eigenvalue weighted by molar-refractivity contribution is -0.0418. The number of hydrogen-bond acceptors (Lipinski definition) is 4. The van der Waals surface area contributed by atoms with E-state index in [2.05, 4.69) is 15.2 Å². The lowest BCUT2D eigenvalue weighted by Crippen LogP contribution is -2.64. The second-order valence-corrected chi connectivity index (χ2v) is 8.54. The normalized spacial score (nSPS) is 33.6. The molecule has 0 unspecified atom stereocenters. The van der Waals surface area contributed by atoms with Gasteiger partial charge in [0, 0.05) is 31.9 Å². The number of nitrogens with zero attached hydrogens (tertiary/aromatic N) is 2. The summed E-state index contributed by atoms with van der Waals surface area (Å²) >= 11 is 1.54. The second-order valence-electron chi connectivity index (χ2n) is 7.45. The molecule has 4 nitrogen and oxygen atoms in total. The largest absolute Gasteiger partial charge is 0.348 e. The molecular formula is C19H21N3OS. The minimum Gasteiger partial charge on any atom is -0.348 e. The molecule has 5 heterocycles. The minimum absolute atomic E-state index is 0.0923. The van der Waals surface area contributed by atoms with Crippen molar-refractivity contribution in [3.8, 4) is 10.6 Å². The van der Waals surface area contributed by atoms with E-state index in [9.17, 15) is 4.79 Å². The molecule has 4 fully saturated rings. The number of amides is 1. The van der Waals surface area contributed by atoms with Crippen LogP contribution in [0, 0.1) is 17.8 Å². The Kier molecular flexibility index (Phi) is 3.45. The summed E-state index contributed by atoms with van der Waals surface area (Å²) in [5, 5.41) is 3.37. The number of thiophene rings is 1. The molecule has 2 atom stereocenters. The average Bonchev–Trinajstić information content (AvgIpc) is 3.08. The molecule has 1 aliphatic carbocycles. The summed E-state index contributed by atoms with van der Waals surface area (Å²) in [5.41, 5.74) is 0.934. The van der Waals surface area contributed by atoms with Gasteiger partial charge in [-0.3, -0.25) is 9.78 Å². The van der Waals surface area contributed by atoms with Crippen molar-refractivity contribution in [2.45, 2.75) is 18.9 Å². The highest BCUT2D eigenvalue weighted by molar-refractivity contribution is 7.17. The van der Waals surface area contributed by atoms with Crippen LogP contribution in [0.25, 0.3) is 10.6 Å². The van der Waals surface area contributed by atoms with E-state index in [1.165, 1.54) is 43.8 Å². The predicted octanol–water partition coefficient (Wildman–Crippen LogP) is 2.88. The van der Waals surface area contributed by atoms with Crippen LogP contribution in [0.15, 0.2) is 36.5 Å². The van der Waals surface area contributed by atoms with Crippen LogP contribution in [-0.4, -0.2) is 41.5 Å². The van der Waals surface area contributed by atoms with Crippen molar-refractivity contribution in [1.29, 1.82) is 0 Å². The van der Waals surface area contributed by atoms with Gasteiger partial charge in [0.1, 0.15) is 0 Å². The third-order valence-electron chi connectivity index (χ3n) is 5.83. The Morgan fingerprint density at radius 1 is 1.12 bits per heavy atom. The maximum atomic E-state index is 12.7. The quantitative estimate of drug-likeness (QED) is 0.935. The topological polar surface area (TPSA) is 45.2 Å². The van der Waals surface area contributed by atoms with Gasteiger partial charge in [0.05, 0.1) is 15.4 Å². The van der Waals surface area contributed by atoms with Gasteiger partial charge < -0.3 is 10.2 Å². The fraction of sp³-hybridized carbons (Fsp3) is 0.474. The Labute approximate surface area is 145 Å². The van der Waals surface area contributed by atoms with Crippen LogP contribution in [0.4, 0.5) is 0 Å². The van der Waals surface area contributed by atoms with E-state index in [-0.39, 0.29) is 5.91 Å². The molecule has 0 radical (unpaired) electrons. The molecule has 1 amide bonds. The van der Waals surface area contributed by atoms with E-state index < -0.39 is 0 Å². The van der Waals surface area contributed by atoms with E-state index in [1.54, 1.807) is 6.20 Å². The van der Waals surface area contributed by atoms with Crippen molar-refractivity contribution in [3.63, 3.8) is 0 Å². The summed E-state index contributed by atoms with van der Waals surface area (Å²) in [6.45, 7) is 3.62. The van der Waals surface area contributed by atoms with Gasteiger partial charge in [-0.05, 0) is 54.9 Å². The maximum Gasteiger partial charge on any atom is 0.261 e. The van der Waals surface area contributed by atoms with Gasteiger partial charge >= 0.3 is 0 Å². The van der Waals surface area contributed by atoms with Gasteiger partial charge in [0.2, 0.25) is 0 Å². The summed E-state index contributed by atoms with van der Waals surface area (Å²) in [5.74, 6) is 2.26. The lowest BCUT2D eigenvalue weighted by Gasteiger charge is -2.55. The third kappa shape index (κ3) is 2.47. The Hall–Kier alpha value is -1.72. The maximum absolute atomic E-state index is 12.7. The zero-order valence-corrected chi connectivity index (χ0v) is 14.3. The van der Waals surface area contributed by atoms with Crippen LogP contribution < -0.4 is 5.32 Å². The van der Waals surface area contributed by atoms with Gasteiger partial charge in [0.15, 0.2) is 0 Å². The number of aromatic nitrogens is 1. The van der Waals surface area contributed by atoms with Crippen LogP contribution in [0.5, 0.6) is 0 Å². The first-order valence-corrected chi connectivity index (χ1v) is 9.62. The summed E-state index contributed by atoms with van der Waals surface area (Å²) in [6, 6.07) is 10.2. The lowest BCUT2D eigenvalue weighted by atomic mass is 9.65. The SMILES string of the molecule is O=C(NC1[C@H]2CC3C[C@H]1CN(C3)C2)c1ccc(-c2ccccn2)s1. The van der Waals surface area contributed by atoms with Crippen LogP contribution >= 0.6 is 11.3 Å². The molecule has 4 aliphatic rings. The van der Waals surface area contributed by atoms with Crippen molar-refractivity contribution in [1.82, 2.24) is 15.2 Å². The molecule has 1 N–H and O–H groups in total. The highest BCUT2D eigenvalue weighted by Gasteiger charge is 2.47. The number of rotatable bonds is 3. The monoisotopic (exact) mass is 339 g/mol. The zero-order valence-electron chi connectivity index (χ0n) is 13.5. The highest BCUT2D eigenvalue weighted by atomic mass is 32.1. The molecule has 0 spiro atoms. The van der Waals surface area contributed by atoms with Gasteiger partial charge in [-0.25, -0.2) is 0 Å². The molecule has 2 aromatic rings. The van der Waals surface area contributed by atoms with E-state index in [0.717, 1.165) is 21.4 Å². The molecule has 6 rings (SSSR count). The molecule has 1 saturated carbocycles. The van der Waals surface area contributed by atoms with Gasteiger partial charge in [-0.2, -0.15) is 0 Å². The summed E-state index contributed by atoms with van der Waals surface area (Å²) in [7, 11) is 0. The number of nitrogens with one attached hydrogen (secondary N) is 1. The number of piperidine rings is 3. The Balaban J connectivity index is 1.32.